The Morgan fingerprint density at radius 2 is 1.47 bits per heavy atom. The molecule has 0 bridgehead atoms. The summed E-state index contributed by atoms with van der Waals surface area (Å²) in [5.74, 6) is -5.38. The maximum atomic E-state index is 13.5. The van der Waals surface area contributed by atoms with Gasteiger partial charge in [0.25, 0.3) is 0 Å². The van der Waals surface area contributed by atoms with Gasteiger partial charge in [0.15, 0.2) is 0 Å². The van der Waals surface area contributed by atoms with Crippen LogP contribution >= 0.6 is 0 Å². The lowest BCUT2D eigenvalue weighted by molar-refractivity contribution is -0.143. The highest BCUT2D eigenvalue weighted by atomic mass is 16.5. The van der Waals surface area contributed by atoms with Crippen LogP contribution in [0, 0.1) is 0 Å². The van der Waals surface area contributed by atoms with Gasteiger partial charge >= 0.3 is 35.9 Å². The number of aromatic nitrogens is 2. The van der Waals surface area contributed by atoms with Gasteiger partial charge < -0.3 is 50.7 Å². The standard InChI is InChI=1S/C38H53N9O13/c1-60-31-7-6-26(18-41-31)29(17-32(49)50)47-15-14-46(38(47)59)9-3-5-28-27(16-25-4-2-8-39-37(25)42-28)19-40-30(48)20-44(22-34(53)54)12-10-43(21-33(51)52)11-13-45(23-35(55)56)24-36(57)58/h6-7,16,18,29H,2-5,8-15,17,19-24H2,1H3,(H,39,42)(H,40,48)(H,49,50)(H,51,52)(H,53,54)(H,55,56)(H,57,58)/t29-/m0/s1. The van der Waals surface area contributed by atoms with E-state index >= 15 is 0 Å². The third kappa shape index (κ3) is 14.9. The van der Waals surface area contributed by atoms with Crippen LogP contribution in [0.1, 0.15) is 47.7 Å². The molecule has 2 aliphatic heterocycles. The number of urea groups is 1. The predicted octanol–water partition coefficient (Wildman–Crippen LogP) is -0.410. The van der Waals surface area contributed by atoms with E-state index in [0.717, 1.165) is 41.2 Å². The Kier molecular flexibility index (Phi) is 17.7. The van der Waals surface area contributed by atoms with E-state index in [1.807, 2.05) is 6.07 Å². The summed E-state index contributed by atoms with van der Waals surface area (Å²) in [7, 11) is 1.47. The molecule has 0 unspecified atom stereocenters. The molecule has 0 aliphatic carbocycles. The van der Waals surface area contributed by atoms with Crippen molar-refractivity contribution in [2.75, 3.05) is 97.5 Å². The van der Waals surface area contributed by atoms with Crippen LogP contribution in [0.25, 0.3) is 0 Å². The van der Waals surface area contributed by atoms with Crippen molar-refractivity contribution in [3.8, 4) is 5.88 Å². The van der Waals surface area contributed by atoms with E-state index < -0.39 is 68.0 Å². The van der Waals surface area contributed by atoms with Gasteiger partial charge in [0, 0.05) is 76.9 Å². The van der Waals surface area contributed by atoms with E-state index in [-0.39, 0.29) is 51.7 Å². The van der Waals surface area contributed by atoms with Crippen molar-refractivity contribution >= 4 is 47.6 Å². The van der Waals surface area contributed by atoms with E-state index in [9.17, 15) is 48.9 Å². The van der Waals surface area contributed by atoms with Crippen molar-refractivity contribution in [3.63, 3.8) is 0 Å². The zero-order valence-electron chi connectivity index (χ0n) is 33.5. The molecule has 3 amide bonds. The quantitative estimate of drug-likeness (QED) is 0.0601. The second kappa shape index (κ2) is 22.9. The molecular formula is C38H53N9O13. The van der Waals surface area contributed by atoms with Gasteiger partial charge in [0.2, 0.25) is 11.8 Å². The summed E-state index contributed by atoms with van der Waals surface area (Å²) in [4.78, 5) is 100. The van der Waals surface area contributed by atoms with Crippen molar-refractivity contribution in [2.24, 2.45) is 0 Å². The first-order valence-corrected chi connectivity index (χ1v) is 19.5. The molecule has 0 spiro atoms. The van der Waals surface area contributed by atoms with Crippen molar-refractivity contribution in [3.05, 3.63) is 46.8 Å². The average Bonchev–Trinajstić information content (AvgIpc) is 3.55. The lowest BCUT2D eigenvalue weighted by Gasteiger charge is -2.27. The van der Waals surface area contributed by atoms with Gasteiger partial charge in [-0.05, 0) is 48.4 Å². The second-order valence-corrected chi connectivity index (χ2v) is 14.5. The minimum Gasteiger partial charge on any atom is -0.481 e. The number of carbonyl (C=O) groups is 7. The summed E-state index contributed by atoms with van der Waals surface area (Å²) in [6.07, 6.45) is 3.85. The number of carboxylic acid groups (broad SMARTS) is 5. The molecule has 2 aliphatic rings. The van der Waals surface area contributed by atoms with Crippen LogP contribution in [0.5, 0.6) is 5.88 Å². The van der Waals surface area contributed by atoms with E-state index in [1.165, 1.54) is 28.0 Å². The number of rotatable bonds is 27. The normalized spacial score (nSPS) is 14.2. The molecule has 2 aromatic rings. The van der Waals surface area contributed by atoms with E-state index in [1.54, 1.807) is 17.0 Å². The van der Waals surface area contributed by atoms with Crippen LogP contribution < -0.4 is 15.4 Å². The van der Waals surface area contributed by atoms with E-state index in [2.05, 4.69) is 15.6 Å². The van der Waals surface area contributed by atoms with Gasteiger partial charge in [-0.25, -0.2) is 14.8 Å². The van der Waals surface area contributed by atoms with Gasteiger partial charge in [-0.3, -0.25) is 43.5 Å². The van der Waals surface area contributed by atoms with Crippen LogP contribution in [0.15, 0.2) is 24.4 Å². The Labute approximate surface area is 345 Å². The van der Waals surface area contributed by atoms with Crippen molar-refractivity contribution < 1.29 is 63.8 Å². The summed E-state index contributed by atoms with van der Waals surface area (Å²) < 4.78 is 5.11. The van der Waals surface area contributed by atoms with E-state index in [0.29, 0.717) is 49.6 Å². The number of carboxylic acids is 5. The highest BCUT2D eigenvalue weighted by Gasteiger charge is 2.35. The summed E-state index contributed by atoms with van der Waals surface area (Å²) in [6.45, 7) is -0.741. The molecule has 22 heteroatoms. The zero-order valence-corrected chi connectivity index (χ0v) is 33.5. The van der Waals surface area contributed by atoms with Crippen LogP contribution in [-0.2, 0) is 48.2 Å². The fraction of sp³-hybridized carbons (Fsp3) is 0.553. The van der Waals surface area contributed by atoms with Crippen LogP contribution in [0.4, 0.5) is 10.6 Å². The molecule has 4 rings (SSSR count). The molecular weight excluding hydrogens is 790 g/mol. The fourth-order valence-corrected chi connectivity index (χ4v) is 7.14. The van der Waals surface area contributed by atoms with Crippen LogP contribution in [0.3, 0.4) is 0 Å². The van der Waals surface area contributed by atoms with Gasteiger partial charge in [-0.1, -0.05) is 6.07 Å². The average molecular weight is 844 g/mol. The maximum absolute atomic E-state index is 13.5. The molecule has 0 saturated carbocycles. The SMILES string of the molecule is COc1ccc([C@H](CC(=O)O)N2CCN(CCCc3nc4c(cc3CNC(=O)CN(CCN(CCN(CC(=O)O)CC(=O)O)CC(=O)O)CC(=O)O)CCCN4)C2=O)cn1. The summed E-state index contributed by atoms with van der Waals surface area (Å²) in [5, 5.41) is 53.0. The van der Waals surface area contributed by atoms with Gasteiger partial charge in [-0.15, -0.1) is 0 Å². The molecule has 60 heavy (non-hydrogen) atoms. The Morgan fingerprint density at radius 1 is 0.850 bits per heavy atom. The number of fused-ring (bicyclic) bond motifs is 1. The zero-order chi connectivity index (χ0) is 43.8. The van der Waals surface area contributed by atoms with Crippen LogP contribution in [0.2, 0.25) is 0 Å². The van der Waals surface area contributed by atoms with E-state index in [4.69, 9.17) is 19.9 Å². The number of ether oxygens (including phenoxy) is 1. The molecule has 0 radical (unpaired) electrons. The van der Waals surface area contributed by atoms with Crippen molar-refractivity contribution in [1.29, 1.82) is 0 Å². The number of hydrogen-bond acceptors (Lipinski definition) is 14. The van der Waals surface area contributed by atoms with Crippen LogP contribution in [-0.4, -0.2) is 194 Å². The molecule has 0 aromatic carbocycles. The Morgan fingerprint density at radius 3 is 2.05 bits per heavy atom. The highest BCUT2D eigenvalue weighted by Crippen LogP contribution is 2.29. The lowest BCUT2D eigenvalue weighted by Crippen LogP contribution is -2.46. The third-order valence-corrected chi connectivity index (χ3v) is 9.99. The number of methoxy groups -OCH3 is 1. The number of pyridine rings is 2. The first-order valence-electron chi connectivity index (χ1n) is 19.5. The highest BCUT2D eigenvalue weighted by molar-refractivity contribution is 5.79. The van der Waals surface area contributed by atoms with Crippen molar-refractivity contribution in [2.45, 2.75) is 44.7 Å². The number of anilines is 1. The second-order valence-electron chi connectivity index (χ2n) is 14.5. The Bertz CT molecular complexity index is 1830. The minimum absolute atomic E-state index is 0.0110. The molecule has 1 saturated heterocycles. The molecule has 4 heterocycles. The maximum Gasteiger partial charge on any atom is 0.320 e. The van der Waals surface area contributed by atoms with Gasteiger partial charge in [0.1, 0.15) is 5.82 Å². The molecule has 1 fully saturated rings. The lowest BCUT2D eigenvalue weighted by atomic mass is 10.0. The first kappa shape index (κ1) is 46.6. The number of hydrogen-bond donors (Lipinski definition) is 7. The Hall–Kier alpha value is -6.13. The summed E-state index contributed by atoms with van der Waals surface area (Å²) in [6, 6.07) is 4.28. The molecule has 7 N–H and O–H groups in total. The predicted molar refractivity (Wildman–Crippen MR) is 211 cm³/mol. The topological polar surface area (TPSA) is 296 Å². The molecule has 22 nitrogen and oxygen atoms in total. The van der Waals surface area contributed by atoms with Gasteiger partial charge in [0.05, 0.1) is 52.3 Å². The molecule has 2 aromatic heterocycles. The smallest absolute Gasteiger partial charge is 0.320 e. The monoisotopic (exact) mass is 843 g/mol. The molecule has 328 valence electrons. The minimum atomic E-state index is -1.26. The fourth-order valence-electron chi connectivity index (χ4n) is 7.14. The first-order chi connectivity index (χ1) is 28.6. The molecule has 1 atom stereocenters. The number of amides is 3. The summed E-state index contributed by atoms with van der Waals surface area (Å²) >= 11 is 0. The number of nitrogens with one attached hydrogen (secondary N) is 2. The number of carbonyl (C=O) groups excluding carboxylic acids is 2. The largest absolute Gasteiger partial charge is 0.481 e. The van der Waals surface area contributed by atoms with Crippen molar-refractivity contribution in [1.82, 2.24) is 39.8 Å². The van der Waals surface area contributed by atoms with Gasteiger partial charge in [-0.2, -0.15) is 0 Å². The number of aryl methyl sites for hydroxylation is 2. The third-order valence-electron chi connectivity index (χ3n) is 9.99. The Balaban J connectivity index is 1.37. The number of nitrogens with zero attached hydrogens (tertiary/aromatic N) is 7. The number of aliphatic carboxylic acids is 5. The summed E-state index contributed by atoms with van der Waals surface area (Å²) in [5.41, 5.74) is 3.01.